The lowest BCUT2D eigenvalue weighted by Crippen LogP contribution is -2.34. The van der Waals surface area contributed by atoms with Gasteiger partial charge >= 0.3 is 5.97 Å². The normalized spacial score (nSPS) is 12.0. The van der Waals surface area contributed by atoms with E-state index in [9.17, 15) is 9.59 Å². The van der Waals surface area contributed by atoms with Crippen molar-refractivity contribution in [3.8, 4) is 5.75 Å². The molecular formula is C16H19NO5. The van der Waals surface area contributed by atoms with Gasteiger partial charge in [-0.2, -0.15) is 0 Å². The highest BCUT2D eigenvalue weighted by atomic mass is 16.6. The Kier molecular flexibility index (Phi) is 4.40. The number of ether oxygens (including phenoxy) is 2. The average molecular weight is 305 g/mol. The predicted molar refractivity (Wildman–Crippen MR) is 81.1 cm³/mol. The van der Waals surface area contributed by atoms with E-state index in [0.717, 1.165) is 5.39 Å². The molecule has 1 atom stereocenters. The van der Waals surface area contributed by atoms with E-state index in [1.165, 1.54) is 11.8 Å². The lowest BCUT2D eigenvalue weighted by molar-refractivity contribution is -0.137. The Bertz CT molecular complexity index is 717. The summed E-state index contributed by atoms with van der Waals surface area (Å²) in [6.45, 7) is 3.29. The van der Waals surface area contributed by atoms with Crippen LogP contribution in [-0.4, -0.2) is 44.1 Å². The van der Waals surface area contributed by atoms with Gasteiger partial charge in [-0.3, -0.25) is 4.79 Å². The van der Waals surface area contributed by atoms with Gasteiger partial charge in [-0.15, -0.1) is 0 Å². The number of esters is 1. The molecule has 2 aromatic rings. The molecule has 0 N–H and O–H groups in total. The molecule has 6 nitrogen and oxygen atoms in total. The molecule has 118 valence electrons. The molecule has 0 aliphatic carbocycles. The van der Waals surface area contributed by atoms with Gasteiger partial charge in [-0.05, 0) is 32.0 Å². The number of nitrogens with zero attached hydrogens (tertiary/aromatic N) is 1. The first-order valence-electron chi connectivity index (χ1n) is 6.84. The van der Waals surface area contributed by atoms with Crippen molar-refractivity contribution in [2.45, 2.75) is 20.0 Å². The van der Waals surface area contributed by atoms with Gasteiger partial charge in [0.2, 0.25) is 5.76 Å². The quantitative estimate of drug-likeness (QED) is 0.811. The van der Waals surface area contributed by atoms with Crippen LogP contribution < -0.4 is 4.74 Å². The number of aryl methyl sites for hydroxylation is 1. The summed E-state index contributed by atoms with van der Waals surface area (Å²) in [6.07, 6.45) is -0.871. The van der Waals surface area contributed by atoms with Crippen molar-refractivity contribution >= 4 is 22.8 Å². The summed E-state index contributed by atoms with van der Waals surface area (Å²) < 4.78 is 15.9. The highest BCUT2D eigenvalue weighted by Crippen LogP contribution is 2.29. The lowest BCUT2D eigenvalue weighted by atomic mass is 10.1. The number of carbonyl (C=O) groups is 2. The molecule has 0 radical (unpaired) electrons. The SMILES string of the molecule is COc1ccc2oc(C(=O)O[C@H](C)C(=O)N(C)C)c(C)c2c1. The first kappa shape index (κ1) is 15.9. The maximum absolute atomic E-state index is 12.2. The Labute approximate surface area is 128 Å². The van der Waals surface area contributed by atoms with Crippen molar-refractivity contribution in [2.75, 3.05) is 21.2 Å². The van der Waals surface area contributed by atoms with Gasteiger partial charge in [0.25, 0.3) is 5.91 Å². The predicted octanol–water partition coefficient (Wildman–Crippen LogP) is 2.38. The maximum Gasteiger partial charge on any atom is 0.375 e. The van der Waals surface area contributed by atoms with Gasteiger partial charge in [0.15, 0.2) is 6.10 Å². The van der Waals surface area contributed by atoms with Crippen LogP contribution in [0.2, 0.25) is 0 Å². The summed E-state index contributed by atoms with van der Waals surface area (Å²) in [5.74, 6) is -0.173. The molecule has 1 heterocycles. The molecule has 22 heavy (non-hydrogen) atoms. The lowest BCUT2D eigenvalue weighted by Gasteiger charge is -2.16. The zero-order valence-corrected chi connectivity index (χ0v) is 13.3. The molecule has 1 aromatic carbocycles. The van der Waals surface area contributed by atoms with E-state index in [1.807, 2.05) is 0 Å². The van der Waals surface area contributed by atoms with Crippen LogP contribution in [0.15, 0.2) is 22.6 Å². The van der Waals surface area contributed by atoms with E-state index in [-0.39, 0.29) is 11.7 Å². The third kappa shape index (κ3) is 2.90. The van der Waals surface area contributed by atoms with Gasteiger partial charge in [0.05, 0.1) is 7.11 Å². The van der Waals surface area contributed by atoms with Gasteiger partial charge in [0, 0.05) is 25.0 Å². The molecule has 1 aromatic heterocycles. The minimum atomic E-state index is -0.871. The highest BCUT2D eigenvalue weighted by molar-refractivity contribution is 5.97. The molecule has 0 aliphatic heterocycles. The number of hydrogen-bond donors (Lipinski definition) is 0. The third-order valence-electron chi connectivity index (χ3n) is 3.40. The molecular weight excluding hydrogens is 286 g/mol. The van der Waals surface area contributed by atoms with E-state index in [4.69, 9.17) is 13.9 Å². The van der Waals surface area contributed by atoms with Crippen molar-refractivity contribution < 1.29 is 23.5 Å². The number of methoxy groups -OCH3 is 1. The van der Waals surface area contributed by atoms with E-state index < -0.39 is 12.1 Å². The fourth-order valence-electron chi connectivity index (χ4n) is 2.15. The molecule has 0 aliphatic rings. The zero-order chi connectivity index (χ0) is 16.4. The van der Waals surface area contributed by atoms with Crippen LogP contribution in [0, 0.1) is 6.92 Å². The number of hydrogen-bond acceptors (Lipinski definition) is 5. The van der Waals surface area contributed by atoms with Crippen LogP contribution in [0.25, 0.3) is 11.0 Å². The smallest absolute Gasteiger partial charge is 0.375 e. The van der Waals surface area contributed by atoms with Gasteiger partial charge in [-0.1, -0.05) is 0 Å². The van der Waals surface area contributed by atoms with Crippen molar-refractivity contribution in [3.63, 3.8) is 0 Å². The second-order valence-corrected chi connectivity index (χ2v) is 5.20. The van der Waals surface area contributed by atoms with Gasteiger partial charge in [0.1, 0.15) is 11.3 Å². The van der Waals surface area contributed by atoms with E-state index in [2.05, 4.69) is 0 Å². The topological polar surface area (TPSA) is 69.0 Å². The minimum Gasteiger partial charge on any atom is -0.497 e. The number of carbonyl (C=O) groups excluding carboxylic acids is 2. The average Bonchev–Trinajstić information content (AvgIpc) is 2.82. The Balaban J connectivity index is 2.29. The van der Waals surface area contributed by atoms with Gasteiger partial charge < -0.3 is 18.8 Å². The number of rotatable bonds is 4. The summed E-state index contributed by atoms with van der Waals surface area (Å²) in [5, 5.41) is 0.776. The Morgan fingerprint density at radius 1 is 1.27 bits per heavy atom. The first-order chi connectivity index (χ1) is 10.3. The first-order valence-corrected chi connectivity index (χ1v) is 6.84. The van der Waals surface area contributed by atoms with Crippen molar-refractivity contribution in [3.05, 3.63) is 29.5 Å². The number of furan rings is 1. The number of likely N-dealkylation sites (N-methyl/N-ethyl adjacent to an activating group) is 1. The monoisotopic (exact) mass is 305 g/mol. The second-order valence-electron chi connectivity index (χ2n) is 5.20. The highest BCUT2D eigenvalue weighted by Gasteiger charge is 2.25. The summed E-state index contributed by atoms with van der Waals surface area (Å²) in [4.78, 5) is 25.3. The summed E-state index contributed by atoms with van der Waals surface area (Å²) >= 11 is 0. The minimum absolute atomic E-state index is 0.0988. The summed E-state index contributed by atoms with van der Waals surface area (Å²) in [7, 11) is 4.77. The molecule has 0 fully saturated rings. The van der Waals surface area contributed by atoms with Crippen LogP contribution >= 0.6 is 0 Å². The molecule has 0 spiro atoms. The van der Waals surface area contributed by atoms with E-state index in [0.29, 0.717) is 16.9 Å². The maximum atomic E-state index is 12.2. The van der Waals surface area contributed by atoms with Crippen LogP contribution in [0.3, 0.4) is 0 Å². The largest absolute Gasteiger partial charge is 0.497 e. The Morgan fingerprint density at radius 3 is 2.55 bits per heavy atom. The number of fused-ring (bicyclic) bond motifs is 1. The fraction of sp³-hybridized carbons (Fsp3) is 0.375. The molecule has 0 bridgehead atoms. The molecule has 6 heteroatoms. The third-order valence-corrected chi connectivity index (χ3v) is 3.40. The van der Waals surface area contributed by atoms with Gasteiger partial charge in [-0.25, -0.2) is 4.79 Å². The van der Waals surface area contributed by atoms with Crippen LogP contribution in [-0.2, 0) is 9.53 Å². The van der Waals surface area contributed by atoms with E-state index >= 15 is 0 Å². The summed E-state index contributed by atoms with van der Waals surface area (Å²) in [6, 6.07) is 5.27. The van der Waals surface area contributed by atoms with Crippen molar-refractivity contribution in [1.29, 1.82) is 0 Å². The van der Waals surface area contributed by atoms with Crippen molar-refractivity contribution in [2.24, 2.45) is 0 Å². The van der Waals surface area contributed by atoms with Crippen LogP contribution in [0.1, 0.15) is 23.0 Å². The molecule has 0 saturated heterocycles. The standard InChI is InChI=1S/C16H19NO5/c1-9-12-8-11(20-5)6-7-13(12)22-14(9)16(19)21-10(2)15(18)17(3)4/h6-8,10H,1-5H3/t10-/m1/s1. The van der Waals surface area contributed by atoms with Crippen LogP contribution in [0.5, 0.6) is 5.75 Å². The number of benzene rings is 1. The second kappa shape index (κ2) is 6.09. The molecule has 1 amide bonds. The molecule has 2 rings (SSSR count). The van der Waals surface area contributed by atoms with Crippen LogP contribution in [0.4, 0.5) is 0 Å². The van der Waals surface area contributed by atoms with Crippen molar-refractivity contribution in [1.82, 2.24) is 4.90 Å². The number of amides is 1. The molecule has 0 unspecified atom stereocenters. The molecule has 0 saturated carbocycles. The zero-order valence-electron chi connectivity index (χ0n) is 13.3. The Morgan fingerprint density at radius 2 is 1.95 bits per heavy atom. The fourth-order valence-corrected chi connectivity index (χ4v) is 2.15. The van der Waals surface area contributed by atoms with E-state index in [1.54, 1.807) is 46.3 Å². The summed E-state index contributed by atoms with van der Waals surface area (Å²) in [5.41, 5.74) is 1.22. The Hall–Kier alpha value is -2.50.